The van der Waals surface area contributed by atoms with Crippen molar-refractivity contribution in [1.29, 1.82) is 0 Å². The van der Waals surface area contributed by atoms with Gasteiger partial charge >= 0.3 is 5.97 Å². The fraction of sp³-hybridized carbons (Fsp3) is 0.889. The molecule has 1 fully saturated rings. The molecular weight excluding hydrogens is 170 g/mol. The van der Waals surface area contributed by atoms with Crippen LogP contribution >= 0.6 is 0 Å². The maximum atomic E-state index is 10.8. The minimum Gasteiger partial charge on any atom is -0.480 e. The van der Waals surface area contributed by atoms with Gasteiger partial charge in [0.1, 0.15) is 6.04 Å². The molecule has 4 nitrogen and oxygen atoms in total. The molecule has 13 heavy (non-hydrogen) atoms. The molecular formula is C9H17NO3. The zero-order chi connectivity index (χ0) is 9.84. The highest BCUT2D eigenvalue weighted by Crippen LogP contribution is 2.14. The summed E-state index contributed by atoms with van der Waals surface area (Å²) in [6.45, 7) is 3.16. The average molecular weight is 187 g/mol. The molecule has 0 aromatic rings. The van der Waals surface area contributed by atoms with Gasteiger partial charge < -0.3 is 10.2 Å². The van der Waals surface area contributed by atoms with E-state index in [1.807, 2.05) is 11.8 Å². The van der Waals surface area contributed by atoms with Gasteiger partial charge in [-0.15, -0.1) is 0 Å². The minimum atomic E-state index is -0.781. The number of carboxylic acid groups (broad SMARTS) is 1. The van der Waals surface area contributed by atoms with Crippen molar-refractivity contribution >= 4 is 5.97 Å². The predicted molar refractivity (Wildman–Crippen MR) is 48.5 cm³/mol. The molecule has 0 amide bonds. The number of rotatable bonds is 3. The van der Waals surface area contributed by atoms with Gasteiger partial charge in [0, 0.05) is 6.54 Å². The molecule has 1 saturated heterocycles. The molecule has 76 valence electrons. The fourth-order valence-electron chi connectivity index (χ4n) is 1.86. The minimum absolute atomic E-state index is 0.345. The summed E-state index contributed by atoms with van der Waals surface area (Å²) >= 11 is 0. The van der Waals surface area contributed by atoms with Gasteiger partial charge in [-0.2, -0.15) is 0 Å². The molecule has 0 bridgehead atoms. The second kappa shape index (κ2) is 4.58. The Labute approximate surface area is 78.2 Å². The zero-order valence-electron chi connectivity index (χ0n) is 7.94. The van der Waals surface area contributed by atoms with Crippen LogP contribution in [0.1, 0.15) is 26.2 Å². The number of piperidine rings is 1. The first-order valence-corrected chi connectivity index (χ1v) is 4.80. The Hall–Kier alpha value is -0.610. The molecule has 0 spiro atoms. The van der Waals surface area contributed by atoms with Crippen molar-refractivity contribution < 1.29 is 15.0 Å². The van der Waals surface area contributed by atoms with Gasteiger partial charge in [-0.3, -0.25) is 9.69 Å². The van der Waals surface area contributed by atoms with Crippen molar-refractivity contribution in [1.82, 2.24) is 4.90 Å². The Balaban J connectivity index is 2.52. The van der Waals surface area contributed by atoms with Crippen LogP contribution in [0.4, 0.5) is 0 Å². The van der Waals surface area contributed by atoms with Crippen LogP contribution < -0.4 is 0 Å². The van der Waals surface area contributed by atoms with E-state index in [0.717, 1.165) is 19.4 Å². The summed E-state index contributed by atoms with van der Waals surface area (Å²) in [7, 11) is 0. The maximum Gasteiger partial charge on any atom is 0.320 e. The highest BCUT2D eigenvalue weighted by Gasteiger charge is 2.27. The maximum absolute atomic E-state index is 10.8. The normalized spacial score (nSPS) is 27.1. The number of aliphatic carboxylic acids is 1. The highest BCUT2D eigenvalue weighted by atomic mass is 16.4. The molecule has 1 aliphatic rings. The van der Waals surface area contributed by atoms with E-state index in [-0.39, 0.29) is 6.10 Å². The average Bonchev–Trinajstić information content (AvgIpc) is 2.04. The lowest BCUT2D eigenvalue weighted by atomic mass is 10.0. The van der Waals surface area contributed by atoms with E-state index in [1.54, 1.807) is 0 Å². The number of hydrogen-bond acceptors (Lipinski definition) is 3. The summed E-state index contributed by atoms with van der Waals surface area (Å²) in [6.07, 6.45) is 1.95. The SMILES string of the molecule is CCC(C(=O)O)N1CCCC(O)C1. The molecule has 0 aliphatic carbocycles. The van der Waals surface area contributed by atoms with Crippen LogP contribution in [0.5, 0.6) is 0 Å². The van der Waals surface area contributed by atoms with Gasteiger partial charge in [0.25, 0.3) is 0 Å². The summed E-state index contributed by atoms with van der Waals surface area (Å²) < 4.78 is 0. The standard InChI is InChI=1S/C9H17NO3/c1-2-8(9(12)13)10-5-3-4-7(11)6-10/h7-8,11H,2-6H2,1H3,(H,12,13). The van der Waals surface area contributed by atoms with E-state index in [1.165, 1.54) is 0 Å². The highest BCUT2D eigenvalue weighted by molar-refractivity contribution is 5.73. The van der Waals surface area contributed by atoms with Crippen LogP contribution in [0.3, 0.4) is 0 Å². The first kappa shape index (κ1) is 10.5. The number of likely N-dealkylation sites (tertiary alicyclic amines) is 1. The first-order valence-electron chi connectivity index (χ1n) is 4.80. The Morgan fingerprint density at radius 1 is 1.69 bits per heavy atom. The third kappa shape index (κ3) is 2.67. The van der Waals surface area contributed by atoms with E-state index in [4.69, 9.17) is 5.11 Å². The molecule has 0 aromatic heterocycles. The molecule has 1 aliphatic heterocycles. The molecule has 1 heterocycles. The summed E-state index contributed by atoms with van der Waals surface area (Å²) in [5.74, 6) is -0.781. The van der Waals surface area contributed by atoms with Crippen molar-refractivity contribution in [2.45, 2.75) is 38.3 Å². The molecule has 1 rings (SSSR count). The van der Waals surface area contributed by atoms with E-state index >= 15 is 0 Å². The summed E-state index contributed by atoms with van der Waals surface area (Å²) in [6, 6.07) is -0.421. The van der Waals surface area contributed by atoms with Gasteiger partial charge in [0.15, 0.2) is 0 Å². The van der Waals surface area contributed by atoms with E-state index < -0.39 is 12.0 Å². The lowest BCUT2D eigenvalue weighted by Crippen LogP contribution is -2.47. The van der Waals surface area contributed by atoms with Gasteiger partial charge in [0.05, 0.1) is 6.10 Å². The van der Waals surface area contributed by atoms with Crippen LogP contribution in [0, 0.1) is 0 Å². The number of aliphatic hydroxyl groups excluding tert-OH is 1. The molecule has 2 N–H and O–H groups in total. The van der Waals surface area contributed by atoms with Crippen molar-refractivity contribution in [2.75, 3.05) is 13.1 Å². The number of β-amino-alcohol motifs (C(OH)–C–C–N with tert-alkyl or cyclic N) is 1. The number of hydrogen-bond donors (Lipinski definition) is 2. The number of carboxylic acids is 1. The van der Waals surface area contributed by atoms with Crippen molar-refractivity contribution in [2.24, 2.45) is 0 Å². The summed E-state index contributed by atoms with van der Waals surface area (Å²) in [4.78, 5) is 12.7. The molecule has 0 aromatic carbocycles. The topological polar surface area (TPSA) is 60.8 Å². The van der Waals surface area contributed by atoms with Crippen molar-refractivity contribution in [3.63, 3.8) is 0 Å². The van der Waals surface area contributed by atoms with E-state index in [9.17, 15) is 9.90 Å². The molecule has 4 heteroatoms. The van der Waals surface area contributed by atoms with Crippen molar-refractivity contribution in [3.05, 3.63) is 0 Å². The second-order valence-corrected chi connectivity index (χ2v) is 3.55. The third-order valence-electron chi connectivity index (χ3n) is 2.54. The van der Waals surface area contributed by atoms with Gasteiger partial charge in [-0.05, 0) is 25.8 Å². The molecule has 0 saturated carbocycles. The van der Waals surface area contributed by atoms with Gasteiger partial charge in [0.2, 0.25) is 0 Å². The molecule has 0 radical (unpaired) electrons. The van der Waals surface area contributed by atoms with Crippen LogP contribution in [-0.2, 0) is 4.79 Å². The van der Waals surface area contributed by atoms with Crippen LogP contribution in [0.2, 0.25) is 0 Å². The smallest absolute Gasteiger partial charge is 0.320 e. The number of aliphatic hydroxyl groups is 1. The van der Waals surface area contributed by atoms with Crippen molar-refractivity contribution in [3.8, 4) is 0 Å². The molecule has 2 unspecified atom stereocenters. The number of carbonyl (C=O) groups is 1. The Bertz CT molecular complexity index is 184. The van der Waals surface area contributed by atoms with Gasteiger partial charge in [-0.25, -0.2) is 0 Å². The summed E-state index contributed by atoms with van der Waals surface area (Å²) in [5, 5.41) is 18.3. The lowest BCUT2D eigenvalue weighted by molar-refractivity contribution is -0.144. The van der Waals surface area contributed by atoms with E-state index in [0.29, 0.717) is 13.0 Å². The third-order valence-corrected chi connectivity index (χ3v) is 2.54. The zero-order valence-corrected chi connectivity index (χ0v) is 7.94. The Morgan fingerprint density at radius 2 is 2.38 bits per heavy atom. The quantitative estimate of drug-likeness (QED) is 0.667. The predicted octanol–water partition coefficient (Wildman–Crippen LogP) is 0.306. The molecule has 2 atom stereocenters. The second-order valence-electron chi connectivity index (χ2n) is 3.55. The van der Waals surface area contributed by atoms with E-state index in [2.05, 4.69) is 0 Å². The largest absolute Gasteiger partial charge is 0.480 e. The van der Waals surface area contributed by atoms with Gasteiger partial charge in [-0.1, -0.05) is 6.92 Å². The Kier molecular flexibility index (Phi) is 3.69. The monoisotopic (exact) mass is 187 g/mol. The summed E-state index contributed by atoms with van der Waals surface area (Å²) in [5.41, 5.74) is 0. The van der Waals surface area contributed by atoms with Crippen LogP contribution in [0.25, 0.3) is 0 Å². The number of nitrogens with zero attached hydrogens (tertiary/aromatic N) is 1. The van der Waals surface area contributed by atoms with Crippen LogP contribution in [-0.4, -0.2) is 46.3 Å². The Morgan fingerprint density at radius 3 is 2.85 bits per heavy atom. The first-order chi connectivity index (χ1) is 6.15. The van der Waals surface area contributed by atoms with Crippen LogP contribution in [0.15, 0.2) is 0 Å². The fourth-order valence-corrected chi connectivity index (χ4v) is 1.86. The lowest BCUT2D eigenvalue weighted by Gasteiger charge is -2.33.